The van der Waals surface area contributed by atoms with Crippen LogP contribution in [0.25, 0.3) is 0 Å². The Labute approximate surface area is 129 Å². The summed E-state index contributed by atoms with van der Waals surface area (Å²) in [5, 5.41) is 3.32. The SMILES string of the molecule is Cc1cnc(CN(C)[C@H]2CCN(Cc3csc(C)n3)C2)o1. The molecule has 1 saturated heterocycles. The second-order valence-electron chi connectivity index (χ2n) is 5.82. The lowest BCUT2D eigenvalue weighted by molar-refractivity contribution is 0.204. The van der Waals surface area contributed by atoms with E-state index in [-0.39, 0.29) is 0 Å². The number of hydrogen-bond acceptors (Lipinski definition) is 6. The van der Waals surface area contributed by atoms with Crippen molar-refractivity contribution in [2.75, 3.05) is 20.1 Å². The molecule has 1 fully saturated rings. The van der Waals surface area contributed by atoms with Gasteiger partial charge in [0, 0.05) is 31.1 Å². The lowest BCUT2D eigenvalue weighted by Gasteiger charge is -2.23. The van der Waals surface area contributed by atoms with Crippen molar-refractivity contribution >= 4 is 11.3 Å². The van der Waals surface area contributed by atoms with E-state index in [2.05, 4.69) is 39.1 Å². The third-order valence-electron chi connectivity index (χ3n) is 3.98. The van der Waals surface area contributed by atoms with Crippen LogP contribution in [0.1, 0.15) is 28.8 Å². The largest absolute Gasteiger partial charge is 0.445 e. The molecule has 0 saturated carbocycles. The number of likely N-dealkylation sites (N-methyl/N-ethyl adjacent to an activating group) is 1. The topological polar surface area (TPSA) is 45.4 Å². The molecule has 1 atom stereocenters. The van der Waals surface area contributed by atoms with Crippen molar-refractivity contribution in [2.24, 2.45) is 0 Å². The monoisotopic (exact) mass is 306 g/mol. The van der Waals surface area contributed by atoms with E-state index in [1.165, 1.54) is 12.1 Å². The fraction of sp³-hybridized carbons (Fsp3) is 0.600. The Morgan fingerprint density at radius 3 is 3.00 bits per heavy atom. The minimum Gasteiger partial charge on any atom is -0.445 e. The van der Waals surface area contributed by atoms with Gasteiger partial charge in [0.15, 0.2) is 0 Å². The Hall–Kier alpha value is -1.24. The summed E-state index contributed by atoms with van der Waals surface area (Å²) in [6.45, 7) is 7.97. The second kappa shape index (κ2) is 6.25. The van der Waals surface area contributed by atoms with Gasteiger partial charge in [-0.15, -0.1) is 11.3 Å². The normalized spacial score (nSPS) is 19.7. The Morgan fingerprint density at radius 2 is 2.33 bits per heavy atom. The average Bonchev–Trinajstić information content (AvgIpc) is 3.13. The molecule has 3 rings (SSSR count). The number of oxazole rings is 1. The molecule has 21 heavy (non-hydrogen) atoms. The van der Waals surface area contributed by atoms with E-state index in [4.69, 9.17) is 4.42 Å². The number of rotatable bonds is 5. The zero-order valence-electron chi connectivity index (χ0n) is 12.9. The molecule has 0 aromatic carbocycles. The zero-order chi connectivity index (χ0) is 14.8. The molecule has 0 spiro atoms. The smallest absolute Gasteiger partial charge is 0.208 e. The number of nitrogens with zero attached hydrogens (tertiary/aromatic N) is 4. The van der Waals surface area contributed by atoms with Crippen LogP contribution in [0.3, 0.4) is 0 Å². The minimum atomic E-state index is 0.567. The molecule has 0 amide bonds. The summed E-state index contributed by atoms with van der Waals surface area (Å²) in [5.41, 5.74) is 1.20. The van der Waals surface area contributed by atoms with Crippen LogP contribution in [-0.4, -0.2) is 45.9 Å². The van der Waals surface area contributed by atoms with Gasteiger partial charge in [0.1, 0.15) is 5.76 Å². The molecule has 0 unspecified atom stereocenters. The third kappa shape index (κ3) is 3.70. The van der Waals surface area contributed by atoms with Crippen molar-refractivity contribution in [3.05, 3.63) is 33.9 Å². The highest BCUT2D eigenvalue weighted by atomic mass is 32.1. The van der Waals surface area contributed by atoms with E-state index >= 15 is 0 Å². The number of hydrogen-bond donors (Lipinski definition) is 0. The highest BCUT2D eigenvalue weighted by Crippen LogP contribution is 2.19. The highest BCUT2D eigenvalue weighted by molar-refractivity contribution is 7.09. The summed E-state index contributed by atoms with van der Waals surface area (Å²) in [6, 6.07) is 0.567. The molecule has 2 aromatic heterocycles. The van der Waals surface area contributed by atoms with Gasteiger partial charge in [-0.2, -0.15) is 0 Å². The first kappa shape index (κ1) is 14.7. The summed E-state index contributed by atoms with van der Waals surface area (Å²) >= 11 is 1.73. The van der Waals surface area contributed by atoms with Gasteiger partial charge in [0.2, 0.25) is 5.89 Å². The summed E-state index contributed by atoms with van der Waals surface area (Å²) in [7, 11) is 2.15. The van der Waals surface area contributed by atoms with Crippen molar-refractivity contribution in [1.82, 2.24) is 19.8 Å². The fourth-order valence-corrected chi connectivity index (χ4v) is 3.45. The van der Waals surface area contributed by atoms with Crippen LogP contribution < -0.4 is 0 Å². The first-order valence-corrected chi connectivity index (χ1v) is 8.23. The maximum atomic E-state index is 5.56. The molecular formula is C15H22N4OS. The molecule has 0 aliphatic carbocycles. The highest BCUT2D eigenvalue weighted by Gasteiger charge is 2.26. The van der Waals surface area contributed by atoms with Crippen LogP contribution in [0.4, 0.5) is 0 Å². The second-order valence-corrected chi connectivity index (χ2v) is 6.88. The van der Waals surface area contributed by atoms with Crippen LogP contribution in [0.2, 0.25) is 0 Å². The van der Waals surface area contributed by atoms with Gasteiger partial charge in [-0.3, -0.25) is 9.80 Å². The van der Waals surface area contributed by atoms with Gasteiger partial charge >= 0.3 is 0 Å². The Balaban J connectivity index is 1.51. The van der Waals surface area contributed by atoms with Crippen LogP contribution in [0.15, 0.2) is 16.0 Å². The van der Waals surface area contributed by atoms with E-state index in [0.29, 0.717) is 6.04 Å². The van der Waals surface area contributed by atoms with E-state index in [9.17, 15) is 0 Å². The Bertz CT molecular complexity index is 594. The molecule has 114 valence electrons. The fourth-order valence-electron chi connectivity index (χ4n) is 2.84. The molecule has 1 aliphatic rings. The lowest BCUT2D eigenvalue weighted by Crippen LogP contribution is -2.34. The van der Waals surface area contributed by atoms with Gasteiger partial charge in [-0.1, -0.05) is 0 Å². The summed E-state index contributed by atoms with van der Waals surface area (Å²) in [5.74, 6) is 1.69. The minimum absolute atomic E-state index is 0.567. The van der Waals surface area contributed by atoms with Gasteiger partial charge in [0.05, 0.1) is 23.4 Å². The van der Waals surface area contributed by atoms with Gasteiger partial charge in [-0.25, -0.2) is 9.97 Å². The zero-order valence-corrected chi connectivity index (χ0v) is 13.7. The van der Waals surface area contributed by atoms with E-state index in [1.807, 2.05) is 6.92 Å². The molecule has 3 heterocycles. The maximum Gasteiger partial charge on any atom is 0.208 e. The van der Waals surface area contributed by atoms with E-state index < -0.39 is 0 Å². The Kier molecular flexibility index (Phi) is 4.37. The molecule has 0 bridgehead atoms. The van der Waals surface area contributed by atoms with Crippen molar-refractivity contribution < 1.29 is 4.42 Å². The van der Waals surface area contributed by atoms with Crippen molar-refractivity contribution in [3.8, 4) is 0 Å². The molecule has 0 N–H and O–H groups in total. The van der Waals surface area contributed by atoms with Crippen LogP contribution >= 0.6 is 11.3 Å². The van der Waals surface area contributed by atoms with Gasteiger partial charge in [-0.05, 0) is 27.3 Å². The third-order valence-corrected chi connectivity index (χ3v) is 4.80. The van der Waals surface area contributed by atoms with Crippen molar-refractivity contribution in [3.63, 3.8) is 0 Å². The summed E-state index contributed by atoms with van der Waals surface area (Å²) in [4.78, 5) is 13.7. The lowest BCUT2D eigenvalue weighted by atomic mass is 10.2. The average molecular weight is 306 g/mol. The molecular weight excluding hydrogens is 284 g/mol. The van der Waals surface area contributed by atoms with Crippen LogP contribution in [-0.2, 0) is 13.1 Å². The number of aromatic nitrogens is 2. The first-order chi connectivity index (χ1) is 10.1. The molecule has 0 radical (unpaired) electrons. The number of aryl methyl sites for hydroxylation is 2. The molecule has 1 aliphatic heterocycles. The predicted octanol–water partition coefficient (Wildman–Crippen LogP) is 2.45. The quantitative estimate of drug-likeness (QED) is 0.849. The summed E-state index contributed by atoms with van der Waals surface area (Å²) < 4.78 is 5.56. The predicted molar refractivity (Wildman–Crippen MR) is 83.2 cm³/mol. The number of likely N-dealkylation sites (tertiary alicyclic amines) is 1. The van der Waals surface area contributed by atoms with Crippen molar-refractivity contribution in [2.45, 2.75) is 39.4 Å². The van der Waals surface area contributed by atoms with E-state index in [0.717, 1.165) is 42.8 Å². The Morgan fingerprint density at radius 1 is 1.48 bits per heavy atom. The van der Waals surface area contributed by atoms with Gasteiger partial charge < -0.3 is 4.42 Å². The van der Waals surface area contributed by atoms with Gasteiger partial charge in [0.25, 0.3) is 0 Å². The molecule has 2 aromatic rings. The molecule has 6 heteroatoms. The first-order valence-electron chi connectivity index (χ1n) is 7.35. The standard InChI is InChI=1S/C15H22N4OS/c1-11-6-16-15(20-11)9-18(3)14-4-5-19(8-14)7-13-10-21-12(2)17-13/h6,10,14H,4-5,7-9H2,1-3H3/t14-/m0/s1. The summed E-state index contributed by atoms with van der Waals surface area (Å²) in [6.07, 6.45) is 2.98. The van der Waals surface area contributed by atoms with Crippen LogP contribution in [0.5, 0.6) is 0 Å². The number of thiazole rings is 1. The van der Waals surface area contributed by atoms with Crippen LogP contribution in [0, 0.1) is 13.8 Å². The van der Waals surface area contributed by atoms with Crippen molar-refractivity contribution in [1.29, 1.82) is 0 Å². The maximum absolute atomic E-state index is 5.56. The molecule has 5 nitrogen and oxygen atoms in total. The van der Waals surface area contributed by atoms with E-state index in [1.54, 1.807) is 17.5 Å².